The molecule has 0 saturated heterocycles. The zero-order valence-electron chi connectivity index (χ0n) is 12.5. The van der Waals surface area contributed by atoms with Gasteiger partial charge < -0.3 is 5.32 Å². The van der Waals surface area contributed by atoms with Gasteiger partial charge in [0.05, 0.1) is 5.52 Å². The van der Waals surface area contributed by atoms with E-state index in [9.17, 15) is 13.6 Å². The van der Waals surface area contributed by atoms with Crippen LogP contribution in [0.4, 0.5) is 14.6 Å². The van der Waals surface area contributed by atoms with Gasteiger partial charge in [0.1, 0.15) is 11.6 Å². The fourth-order valence-electron chi connectivity index (χ4n) is 2.42. The summed E-state index contributed by atoms with van der Waals surface area (Å²) in [6.45, 7) is 1.92. The molecule has 118 valence electrons. The molecule has 3 rings (SSSR count). The highest BCUT2D eigenvalue weighted by atomic mass is 19.1. The van der Waals surface area contributed by atoms with Crippen LogP contribution in [0.5, 0.6) is 0 Å². The predicted molar refractivity (Wildman–Crippen MR) is 85.0 cm³/mol. The molecule has 0 fully saturated rings. The highest BCUT2D eigenvalue weighted by Crippen LogP contribution is 2.29. The number of halogens is 2. The Labute approximate surface area is 131 Å². The van der Waals surface area contributed by atoms with Crippen molar-refractivity contribution < 1.29 is 13.6 Å². The summed E-state index contributed by atoms with van der Waals surface area (Å²) in [5, 5.41) is 10.3. The molecule has 1 heterocycles. The van der Waals surface area contributed by atoms with Crippen molar-refractivity contribution in [2.75, 3.05) is 5.32 Å². The van der Waals surface area contributed by atoms with Crippen LogP contribution in [0, 0.1) is 11.6 Å². The molecular formula is C17H15F2N3O. The van der Waals surface area contributed by atoms with Crippen molar-refractivity contribution in [3.05, 3.63) is 48.0 Å². The molecule has 2 N–H and O–H groups in total. The summed E-state index contributed by atoms with van der Waals surface area (Å²) >= 11 is 0. The van der Waals surface area contributed by atoms with Crippen molar-refractivity contribution >= 4 is 22.6 Å². The molecule has 1 aromatic heterocycles. The molecule has 23 heavy (non-hydrogen) atoms. The lowest BCUT2D eigenvalue weighted by Crippen LogP contribution is -2.10. The number of benzene rings is 2. The van der Waals surface area contributed by atoms with Crippen LogP contribution in [0.1, 0.15) is 19.8 Å². The van der Waals surface area contributed by atoms with Crippen molar-refractivity contribution in [2.45, 2.75) is 19.8 Å². The lowest BCUT2D eigenvalue weighted by molar-refractivity contribution is -0.116. The Kier molecular flexibility index (Phi) is 4.06. The smallest absolute Gasteiger partial charge is 0.225 e. The zero-order valence-corrected chi connectivity index (χ0v) is 12.5. The molecule has 0 radical (unpaired) electrons. The third-order valence-electron chi connectivity index (χ3n) is 3.54. The number of H-pyrrole nitrogens is 1. The summed E-state index contributed by atoms with van der Waals surface area (Å²) in [5.74, 6) is -0.675. The maximum absolute atomic E-state index is 13.9. The number of carbonyl (C=O) groups is 1. The Morgan fingerprint density at radius 1 is 1.22 bits per heavy atom. The highest BCUT2D eigenvalue weighted by Gasteiger charge is 2.12. The molecule has 0 unspecified atom stereocenters. The highest BCUT2D eigenvalue weighted by molar-refractivity contribution is 6.00. The van der Waals surface area contributed by atoms with Gasteiger partial charge in [0.25, 0.3) is 0 Å². The number of anilines is 1. The fraction of sp³-hybridized carbons (Fsp3) is 0.176. The maximum atomic E-state index is 13.9. The van der Waals surface area contributed by atoms with Crippen LogP contribution in [0.3, 0.4) is 0 Å². The summed E-state index contributed by atoms with van der Waals surface area (Å²) in [7, 11) is 0. The normalized spacial score (nSPS) is 10.9. The van der Waals surface area contributed by atoms with E-state index in [0.29, 0.717) is 23.3 Å². The lowest BCUT2D eigenvalue weighted by atomic mass is 10.0. The SMILES string of the molecule is CCCC(=O)Nc1n[nH]c2cc(-c3cc(F)ccc3F)ccc12. The molecular weight excluding hydrogens is 300 g/mol. The molecule has 3 aromatic rings. The van der Waals surface area contributed by atoms with Crippen molar-refractivity contribution in [1.29, 1.82) is 0 Å². The third kappa shape index (κ3) is 3.06. The Balaban J connectivity index is 1.98. The Bertz CT molecular complexity index is 873. The summed E-state index contributed by atoms with van der Waals surface area (Å²) in [5.41, 5.74) is 1.35. The molecule has 6 heteroatoms. The first kappa shape index (κ1) is 15.1. The minimum atomic E-state index is -0.501. The van der Waals surface area contributed by atoms with E-state index in [1.165, 1.54) is 0 Å². The number of nitrogens with one attached hydrogen (secondary N) is 2. The van der Waals surface area contributed by atoms with E-state index in [0.717, 1.165) is 30.0 Å². The van der Waals surface area contributed by atoms with Crippen LogP contribution in [-0.4, -0.2) is 16.1 Å². The van der Waals surface area contributed by atoms with Gasteiger partial charge in [0, 0.05) is 17.4 Å². The largest absolute Gasteiger partial charge is 0.309 e. The summed E-state index contributed by atoms with van der Waals surface area (Å²) in [4.78, 5) is 11.7. The van der Waals surface area contributed by atoms with Crippen LogP contribution in [0.15, 0.2) is 36.4 Å². The second kappa shape index (κ2) is 6.16. The number of nitrogens with zero attached hydrogens (tertiary/aromatic N) is 1. The number of carbonyl (C=O) groups excluding carboxylic acids is 1. The molecule has 0 aliphatic carbocycles. The number of hydrogen-bond donors (Lipinski definition) is 2. The average molecular weight is 315 g/mol. The summed E-state index contributed by atoms with van der Waals surface area (Å²) in [6, 6.07) is 8.39. The first-order chi connectivity index (χ1) is 11.1. The quantitative estimate of drug-likeness (QED) is 0.756. The molecule has 0 saturated carbocycles. The number of aromatic amines is 1. The van der Waals surface area contributed by atoms with Gasteiger partial charge in [0.2, 0.25) is 5.91 Å². The van der Waals surface area contributed by atoms with E-state index < -0.39 is 11.6 Å². The van der Waals surface area contributed by atoms with Gasteiger partial charge in [-0.2, -0.15) is 5.10 Å². The molecule has 0 spiro atoms. The van der Waals surface area contributed by atoms with E-state index in [-0.39, 0.29) is 11.5 Å². The van der Waals surface area contributed by atoms with Gasteiger partial charge >= 0.3 is 0 Å². The van der Waals surface area contributed by atoms with Crippen LogP contribution in [0.2, 0.25) is 0 Å². The zero-order chi connectivity index (χ0) is 16.4. The Hall–Kier alpha value is -2.76. The van der Waals surface area contributed by atoms with Crippen LogP contribution >= 0.6 is 0 Å². The van der Waals surface area contributed by atoms with E-state index in [1.807, 2.05) is 6.92 Å². The van der Waals surface area contributed by atoms with Crippen LogP contribution in [0.25, 0.3) is 22.0 Å². The molecule has 1 amide bonds. The van der Waals surface area contributed by atoms with E-state index in [4.69, 9.17) is 0 Å². The molecule has 4 nitrogen and oxygen atoms in total. The maximum Gasteiger partial charge on any atom is 0.225 e. The van der Waals surface area contributed by atoms with Gasteiger partial charge in [0.15, 0.2) is 5.82 Å². The van der Waals surface area contributed by atoms with Gasteiger partial charge in [-0.1, -0.05) is 13.0 Å². The van der Waals surface area contributed by atoms with Crippen LogP contribution < -0.4 is 5.32 Å². The minimum Gasteiger partial charge on any atom is -0.309 e. The molecule has 0 aliphatic heterocycles. The Morgan fingerprint density at radius 2 is 2.04 bits per heavy atom. The van der Waals surface area contributed by atoms with Crippen molar-refractivity contribution in [1.82, 2.24) is 10.2 Å². The molecule has 0 atom stereocenters. The number of rotatable bonds is 4. The van der Waals surface area contributed by atoms with E-state index in [1.54, 1.807) is 18.2 Å². The number of fused-ring (bicyclic) bond motifs is 1. The third-order valence-corrected chi connectivity index (χ3v) is 3.54. The van der Waals surface area contributed by atoms with Gasteiger partial charge in [-0.15, -0.1) is 0 Å². The van der Waals surface area contributed by atoms with Crippen LogP contribution in [-0.2, 0) is 4.79 Å². The van der Waals surface area contributed by atoms with Gasteiger partial charge in [-0.3, -0.25) is 9.89 Å². The number of hydrogen-bond acceptors (Lipinski definition) is 2. The standard InChI is InChI=1S/C17H15F2N3O/c1-2-3-16(23)20-17-12-6-4-10(8-15(12)21-22-17)13-9-11(18)5-7-14(13)19/h4-9H,2-3H2,1H3,(H2,20,21,22,23). The van der Waals surface area contributed by atoms with E-state index in [2.05, 4.69) is 15.5 Å². The second-order valence-electron chi connectivity index (χ2n) is 5.25. The first-order valence-corrected chi connectivity index (χ1v) is 7.32. The van der Waals surface area contributed by atoms with Gasteiger partial charge in [-0.05, 0) is 42.3 Å². The average Bonchev–Trinajstić information content (AvgIpc) is 2.92. The molecule has 0 bridgehead atoms. The monoisotopic (exact) mass is 315 g/mol. The van der Waals surface area contributed by atoms with E-state index >= 15 is 0 Å². The topological polar surface area (TPSA) is 57.8 Å². The van der Waals surface area contributed by atoms with Crippen molar-refractivity contribution in [2.24, 2.45) is 0 Å². The molecule has 0 aliphatic rings. The van der Waals surface area contributed by atoms with Gasteiger partial charge in [-0.25, -0.2) is 8.78 Å². The summed E-state index contributed by atoms with van der Waals surface area (Å²) in [6.07, 6.45) is 1.16. The molecule has 2 aromatic carbocycles. The minimum absolute atomic E-state index is 0.110. The predicted octanol–water partition coefficient (Wildman–Crippen LogP) is 4.25. The summed E-state index contributed by atoms with van der Waals surface area (Å²) < 4.78 is 27.2. The lowest BCUT2D eigenvalue weighted by Gasteiger charge is -2.05. The fourth-order valence-corrected chi connectivity index (χ4v) is 2.42. The Morgan fingerprint density at radius 3 is 2.83 bits per heavy atom. The number of amides is 1. The van der Waals surface area contributed by atoms with Crippen molar-refractivity contribution in [3.8, 4) is 11.1 Å². The second-order valence-corrected chi connectivity index (χ2v) is 5.25. The van der Waals surface area contributed by atoms with Crippen molar-refractivity contribution in [3.63, 3.8) is 0 Å². The first-order valence-electron chi connectivity index (χ1n) is 7.32. The number of aromatic nitrogens is 2.